The summed E-state index contributed by atoms with van der Waals surface area (Å²) in [6.07, 6.45) is 1.68. The van der Waals surface area contributed by atoms with Crippen molar-refractivity contribution in [3.8, 4) is 0 Å². The zero-order valence-electron chi connectivity index (χ0n) is 10.1. The van der Waals surface area contributed by atoms with Crippen LogP contribution < -0.4 is 10.9 Å². The summed E-state index contributed by atoms with van der Waals surface area (Å²) in [4.78, 5) is 16.8. The molecule has 1 aromatic carbocycles. The number of benzene rings is 1. The van der Waals surface area contributed by atoms with Crippen molar-refractivity contribution >= 4 is 33.6 Å². The number of aromatic nitrogens is 2. The molecule has 0 unspecified atom stereocenters. The van der Waals surface area contributed by atoms with Crippen molar-refractivity contribution in [2.45, 2.75) is 6.54 Å². The molecule has 4 nitrogen and oxygen atoms in total. The van der Waals surface area contributed by atoms with Gasteiger partial charge in [-0.2, -0.15) is 0 Å². The van der Waals surface area contributed by atoms with Gasteiger partial charge in [0.2, 0.25) is 0 Å². The molecular formula is C13H9ClFN3OS. The largest absolute Gasteiger partial charge is 0.378 e. The van der Waals surface area contributed by atoms with Crippen LogP contribution >= 0.6 is 22.9 Å². The molecule has 20 heavy (non-hydrogen) atoms. The highest BCUT2D eigenvalue weighted by molar-refractivity contribution is 7.15. The lowest BCUT2D eigenvalue weighted by Crippen LogP contribution is -2.14. The summed E-state index contributed by atoms with van der Waals surface area (Å²) in [7, 11) is 0. The third-order valence-corrected chi connectivity index (χ3v) is 3.82. The maximum Gasteiger partial charge on any atom is 0.258 e. The average molecular weight is 310 g/mol. The second-order valence-electron chi connectivity index (χ2n) is 4.12. The molecule has 0 fully saturated rings. The third-order valence-electron chi connectivity index (χ3n) is 2.75. The van der Waals surface area contributed by atoms with Crippen LogP contribution in [0.25, 0.3) is 4.96 Å². The predicted octanol–water partition coefficient (Wildman–Crippen LogP) is 3.16. The van der Waals surface area contributed by atoms with E-state index >= 15 is 0 Å². The molecule has 102 valence electrons. The van der Waals surface area contributed by atoms with Crippen LogP contribution in [0.2, 0.25) is 5.02 Å². The first kappa shape index (κ1) is 13.1. The van der Waals surface area contributed by atoms with Crippen molar-refractivity contribution in [1.29, 1.82) is 0 Å². The Labute approximate surface area is 122 Å². The van der Waals surface area contributed by atoms with Gasteiger partial charge in [-0.15, -0.1) is 11.3 Å². The number of rotatable bonds is 3. The van der Waals surface area contributed by atoms with Gasteiger partial charge in [0.25, 0.3) is 5.56 Å². The van der Waals surface area contributed by atoms with Crippen molar-refractivity contribution in [2.75, 3.05) is 5.32 Å². The first-order valence-corrected chi connectivity index (χ1v) is 7.04. The molecule has 0 aliphatic rings. The van der Waals surface area contributed by atoms with E-state index in [1.54, 1.807) is 17.6 Å². The van der Waals surface area contributed by atoms with Crippen LogP contribution in [0, 0.1) is 5.82 Å². The Balaban J connectivity index is 1.84. The van der Waals surface area contributed by atoms with Crippen molar-refractivity contribution in [1.82, 2.24) is 9.38 Å². The van der Waals surface area contributed by atoms with Crippen LogP contribution in [0.3, 0.4) is 0 Å². The molecule has 7 heteroatoms. The summed E-state index contributed by atoms with van der Waals surface area (Å²) in [5.41, 5.74) is 1.08. The van der Waals surface area contributed by atoms with Gasteiger partial charge >= 0.3 is 0 Å². The van der Waals surface area contributed by atoms with Crippen LogP contribution in [0.4, 0.5) is 10.1 Å². The zero-order chi connectivity index (χ0) is 14.1. The lowest BCUT2D eigenvalue weighted by Gasteiger charge is -2.07. The molecular weight excluding hydrogens is 301 g/mol. The highest BCUT2D eigenvalue weighted by Gasteiger charge is 2.05. The van der Waals surface area contributed by atoms with Gasteiger partial charge < -0.3 is 5.32 Å². The van der Waals surface area contributed by atoms with Crippen LogP contribution in [0.1, 0.15) is 5.69 Å². The second-order valence-corrected chi connectivity index (χ2v) is 5.40. The molecule has 1 N–H and O–H groups in total. The lowest BCUT2D eigenvalue weighted by atomic mass is 10.3. The molecule has 2 heterocycles. The summed E-state index contributed by atoms with van der Waals surface area (Å²) in [5, 5.41) is 5.13. The van der Waals surface area contributed by atoms with Gasteiger partial charge in [0.05, 0.1) is 22.9 Å². The fourth-order valence-electron chi connectivity index (χ4n) is 1.80. The molecule has 0 aliphatic heterocycles. The molecule has 3 rings (SSSR count). The van der Waals surface area contributed by atoms with Gasteiger partial charge in [-0.05, 0) is 18.2 Å². The number of hydrogen-bond donors (Lipinski definition) is 1. The second kappa shape index (κ2) is 5.22. The van der Waals surface area contributed by atoms with Crippen molar-refractivity contribution in [3.63, 3.8) is 0 Å². The molecule has 0 saturated heterocycles. The smallest absolute Gasteiger partial charge is 0.258 e. The number of anilines is 1. The molecule has 0 atom stereocenters. The molecule has 2 aromatic heterocycles. The van der Waals surface area contributed by atoms with E-state index in [1.807, 2.05) is 0 Å². The molecule has 3 aromatic rings. The van der Waals surface area contributed by atoms with Crippen LogP contribution in [0.15, 0.2) is 40.6 Å². The van der Waals surface area contributed by atoms with E-state index in [-0.39, 0.29) is 5.56 Å². The minimum absolute atomic E-state index is 0.127. The van der Waals surface area contributed by atoms with Crippen molar-refractivity contribution < 1.29 is 4.39 Å². The maximum absolute atomic E-state index is 12.9. The standard InChI is InChI=1S/C13H9ClFN3OS/c14-10-5-8(15)1-2-11(10)16-7-9-6-12(19)18-3-4-20-13(18)17-9/h1-6,16H,7H2. The Hall–Kier alpha value is -1.92. The molecule has 0 aliphatic carbocycles. The lowest BCUT2D eigenvalue weighted by molar-refractivity contribution is 0.628. The number of thiazole rings is 1. The molecule has 0 bridgehead atoms. The van der Waals surface area contributed by atoms with Crippen LogP contribution in [-0.4, -0.2) is 9.38 Å². The number of fused-ring (bicyclic) bond motifs is 1. The van der Waals surface area contributed by atoms with E-state index in [4.69, 9.17) is 11.6 Å². The van der Waals surface area contributed by atoms with Gasteiger partial charge in [-0.3, -0.25) is 9.20 Å². The number of hydrogen-bond acceptors (Lipinski definition) is 4. The van der Waals surface area contributed by atoms with E-state index in [0.717, 1.165) is 0 Å². The first-order valence-electron chi connectivity index (χ1n) is 5.78. The summed E-state index contributed by atoms with van der Waals surface area (Å²) < 4.78 is 14.4. The number of halogens is 2. The van der Waals surface area contributed by atoms with Gasteiger partial charge in [-0.1, -0.05) is 11.6 Å². The van der Waals surface area contributed by atoms with Crippen LogP contribution in [-0.2, 0) is 6.54 Å². The first-order chi connectivity index (χ1) is 9.63. The maximum atomic E-state index is 12.9. The molecule has 0 saturated carbocycles. The Morgan fingerprint density at radius 2 is 2.25 bits per heavy atom. The highest BCUT2D eigenvalue weighted by atomic mass is 35.5. The Kier molecular flexibility index (Phi) is 3.42. The normalized spacial score (nSPS) is 10.9. The minimum Gasteiger partial charge on any atom is -0.378 e. The van der Waals surface area contributed by atoms with Crippen molar-refractivity contribution in [3.05, 3.63) is 62.7 Å². The molecule has 0 radical (unpaired) electrons. The molecule has 0 spiro atoms. The Bertz CT molecular complexity index is 830. The van der Waals surface area contributed by atoms with E-state index in [1.165, 1.54) is 33.9 Å². The van der Waals surface area contributed by atoms with E-state index in [9.17, 15) is 9.18 Å². The van der Waals surface area contributed by atoms with Gasteiger partial charge in [0.15, 0.2) is 4.96 Å². The van der Waals surface area contributed by atoms with Gasteiger partial charge in [0.1, 0.15) is 5.82 Å². The van der Waals surface area contributed by atoms with Crippen LogP contribution in [0.5, 0.6) is 0 Å². The quantitative estimate of drug-likeness (QED) is 0.808. The topological polar surface area (TPSA) is 46.4 Å². The SMILES string of the molecule is O=c1cc(CNc2ccc(F)cc2Cl)nc2sccn12. The fraction of sp³-hybridized carbons (Fsp3) is 0.0769. The predicted molar refractivity (Wildman–Crippen MR) is 78.1 cm³/mol. The molecule has 0 amide bonds. The van der Waals surface area contributed by atoms with Gasteiger partial charge in [0, 0.05) is 17.6 Å². The zero-order valence-corrected chi connectivity index (χ0v) is 11.7. The van der Waals surface area contributed by atoms with E-state index in [0.29, 0.717) is 27.9 Å². The third kappa shape index (κ3) is 2.52. The monoisotopic (exact) mass is 309 g/mol. The Morgan fingerprint density at radius 1 is 1.40 bits per heavy atom. The van der Waals surface area contributed by atoms with Gasteiger partial charge in [-0.25, -0.2) is 9.37 Å². The van der Waals surface area contributed by atoms with Crippen molar-refractivity contribution in [2.24, 2.45) is 0 Å². The fourth-order valence-corrected chi connectivity index (χ4v) is 2.77. The summed E-state index contributed by atoms with van der Waals surface area (Å²) >= 11 is 7.31. The average Bonchev–Trinajstić information content (AvgIpc) is 2.86. The number of nitrogens with one attached hydrogen (secondary N) is 1. The highest BCUT2D eigenvalue weighted by Crippen LogP contribution is 2.22. The minimum atomic E-state index is -0.392. The summed E-state index contributed by atoms with van der Waals surface area (Å²) in [6.45, 7) is 0.342. The Morgan fingerprint density at radius 3 is 3.05 bits per heavy atom. The summed E-state index contributed by atoms with van der Waals surface area (Å²) in [5.74, 6) is -0.392. The van der Waals surface area contributed by atoms with E-state index in [2.05, 4.69) is 10.3 Å². The summed E-state index contributed by atoms with van der Waals surface area (Å²) in [6, 6.07) is 5.56. The number of nitrogens with zero attached hydrogens (tertiary/aromatic N) is 2. The van der Waals surface area contributed by atoms with E-state index < -0.39 is 5.82 Å².